The van der Waals surface area contributed by atoms with Crippen molar-refractivity contribution in [2.24, 2.45) is 34.6 Å². The summed E-state index contributed by atoms with van der Waals surface area (Å²) in [5, 5.41) is 87.5. The molecule has 0 unspecified atom stereocenters. The van der Waals surface area contributed by atoms with Crippen molar-refractivity contribution in [2.75, 3.05) is 26.4 Å². The van der Waals surface area contributed by atoms with Gasteiger partial charge in [-0.15, -0.1) is 0 Å². The lowest BCUT2D eigenvalue weighted by molar-refractivity contribution is -0.139. The van der Waals surface area contributed by atoms with Gasteiger partial charge in [-0.05, 0) is 82.5 Å². The average molecular weight is 1400 g/mol. The molecule has 0 aliphatic rings. The second kappa shape index (κ2) is 43.8. The van der Waals surface area contributed by atoms with E-state index >= 15 is 0 Å². The van der Waals surface area contributed by atoms with Crippen molar-refractivity contribution >= 4 is 100 Å². The molecular weight excluding hydrogens is 1300 g/mol. The van der Waals surface area contributed by atoms with E-state index in [1.165, 1.54) is 38.1 Å². The van der Waals surface area contributed by atoms with Crippen LogP contribution in [0.3, 0.4) is 0 Å². The number of phenols is 1. The van der Waals surface area contributed by atoms with E-state index in [1.807, 2.05) is 5.32 Å². The summed E-state index contributed by atoms with van der Waals surface area (Å²) in [7, 11) is 0. The van der Waals surface area contributed by atoms with Crippen LogP contribution in [-0.2, 0) is 87.9 Å². The molecule has 0 bridgehead atoms. The summed E-state index contributed by atoms with van der Waals surface area (Å²) in [6, 6.07) is -15.9. The minimum Gasteiger partial charge on any atom is -0.508 e. The molecular formula is C58H93N17O23. The number of nitrogens with two attached hydrogens (primary N) is 5. The van der Waals surface area contributed by atoms with Crippen molar-refractivity contribution in [3.8, 4) is 5.75 Å². The van der Waals surface area contributed by atoms with Crippen LogP contribution in [0.25, 0.3) is 0 Å². The first-order valence-corrected chi connectivity index (χ1v) is 30.9. The minimum atomic E-state index is -2.07. The molecule has 0 radical (unpaired) electrons. The van der Waals surface area contributed by atoms with Gasteiger partial charge in [0.05, 0.1) is 32.3 Å². The quantitative estimate of drug-likeness (QED) is 0.0270. The van der Waals surface area contributed by atoms with Crippen LogP contribution in [-0.4, -0.2) is 236 Å². The summed E-state index contributed by atoms with van der Waals surface area (Å²) in [6.45, 7) is 3.09. The lowest BCUT2D eigenvalue weighted by atomic mass is 9.97. The zero-order valence-electron chi connectivity index (χ0n) is 54.7. The maximum Gasteiger partial charge on any atom is 0.303 e. The molecule has 1 rings (SSSR count). The third kappa shape index (κ3) is 31.6. The van der Waals surface area contributed by atoms with Gasteiger partial charge < -0.3 is 123 Å². The third-order valence-electron chi connectivity index (χ3n) is 14.7. The highest BCUT2D eigenvalue weighted by Crippen LogP contribution is 2.15. The van der Waals surface area contributed by atoms with Crippen molar-refractivity contribution < 1.29 is 112 Å². The SMILES string of the molecule is CC[C@H](C)[C@H](NC(=O)[C@H](CCCCN)NC(=O)[C@H](CC(N)=O)NC(=O)[C@H](C)NC(C)=O)C(=O)N[C@@H](CO)C(=O)N[C@@H](Cc1ccc(O)cc1)C(=O)N[C@@H](CCC(N)=O)C(=O)N[C@@H](CO)C(=O)N[C@@H](CCC(N)=O)C(=O)N[C@@H](CO)C(=O)N[C@H](C(=O)N[C@@H](CCC(=O)O)C(N)=O)[C@@H](C)O. The molecule has 40 heteroatoms. The first kappa shape index (κ1) is 85.8. The Bertz CT molecular complexity index is 2980. The molecule has 0 heterocycles. The molecule has 1 aromatic rings. The number of aliphatic carboxylic acids is 1. The minimum absolute atomic E-state index is 0.107. The highest BCUT2D eigenvalue weighted by Gasteiger charge is 2.38. The van der Waals surface area contributed by atoms with Crippen molar-refractivity contribution in [1.82, 2.24) is 63.8 Å². The van der Waals surface area contributed by atoms with Crippen molar-refractivity contribution in [3.05, 3.63) is 29.8 Å². The van der Waals surface area contributed by atoms with Crippen LogP contribution >= 0.6 is 0 Å². The fraction of sp³-hybridized carbons (Fsp3) is 0.603. The molecule has 0 aliphatic carbocycles. The molecule has 16 amide bonds. The number of carbonyl (C=O) groups is 17. The monoisotopic (exact) mass is 1400 g/mol. The summed E-state index contributed by atoms with van der Waals surface area (Å²) in [4.78, 5) is 222. The fourth-order valence-corrected chi connectivity index (χ4v) is 8.93. The molecule has 14 atom stereocenters. The number of rotatable bonds is 47. The average Bonchev–Trinajstić information content (AvgIpc) is 0.871. The van der Waals surface area contributed by atoms with E-state index < -0.39 is 256 Å². The Morgan fingerprint density at radius 1 is 0.429 bits per heavy atom. The normalized spacial score (nSPS) is 15.2. The van der Waals surface area contributed by atoms with Crippen LogP contribution in [0.2, 0.25) is 0 Å². The van der Waals surface area contributed by atoms with Crippen molar-refractivity contribution in [2.45, 2.75) is 190 Å². The van der Waals surface area contributed by atoms with Crippen molar-refractivity contribution in [3.63, 3.8) is 0 Å². The number of amides is 16. The van der Waals surface area contributed by atoms with Gasteiger partial charge in [0.15, 0.2) is 0 Å². The first-order chi connectivity index (χ1) is 45.9. The Morgan fingerprint density at radius 3 is 1.21 bits per heavy atom. The zero-order chi connectivity index (χ0) is 74.7. The van der Waals surface area contributed by atoms with E-state index in [1.54, 1.807) is 6.92 Å². The predicted octanol–water partition coefficient (Wildman–Crippen LogP) is -10.9. The van der Waals surface area contributed by atoms with Gasteiger partial charge in [0, 0.05) is 32.6 Å². The number of nitrogens with one attached hydrogen (secondary N) is 12. The Labute approximate surface area is 561 Å². The van der Waals surface area contributed by atoms with Gasteiger partial charge in [-0.3, -0.25) is 81.5 Å². The molecule has 0 fully saturated rings. The molecule has 28 N–H and O–H groups in total. The highest BCUT2D eigenvalue weighted by molar-refractivity contribution is 6.00. The number of aliphatic hydroxyl groups excluding tert-OH is 4. The van der Waals surface area contributed by atoms with Crippen LogP contribution in [0.4, 0.5) is 0 Å². The maximum absolute atomic E-state index is 14.4. The van der Waals surface area contributed by atoms with Crippen LogP contribution in [0.5, 0.6) is 5.75 Å². The van der Waals surface area contributed by atoms with E-state index in [4.69, 9.17) is 33.8 Å². The molecule has 0 saturated carbocycles. The van der Waals surface area contributed by atoms with E-state index in [0.717, 1.165) is 13.8 Å². The largest absolute Gasteiger partial charge is 0.508 e. The number of aliphatic hydroxyl groups is 4. The second-order valence-corrected chi connectivity index (χ2v) is 22.8. The number of primary amides is 4. The number of unbranched alkanes of at least 4 members (excludes halogenated alkanes) is 1. The predicted molar refractivity (Wildman–Crippen MR) is 338 cm³/mol. The third-order valence-corrected chi connectivity index (χ3v) is 14.7. The lowest BCUT2D eigenvalue weighted by Crippen LogP contribution is -2.62. The first-order valence-electron chi connectivity index (χ1n) is 30.9. The maximum atomic E-state index is 14.4. The smallest absolute Gasteiger partial charge is 0.303 e. The summed E-state index contributed by atoms with van der Waals surface area (Å²) in [6.07, 6.45) is -6.05. The number of carbonyl (C=O) groups excluding carboxylic acids is 16. The molecule has 1 aromatic carbocycles. The van der Waals surface area contributed by atoms with Crippen LogP contribution < -0.4 is 92.5 Å². The van der Waals surface area contributed by atoms with Gasteiger partial charge in [0.1, 0.15) is 78.3 Å². The number of aromatic hydroxyl groups is 1. The number of hydrogen-bond donors (Lipinski definition) is 23. The summed E-state index contributed by atoms with van der Waals surface area (Å²) in [5.74, 6) is -20.4. The molecule has 0 aromatic heterocycles. The number of phenolic OH excluding ortho intramolecular Hbond substituents is 1. The fourth-order valence-electron chi connectivity index (χ4n) is 8.93. The number of hydrogen-bond acceptors (Lipinski definition) is 23. The topological polar surface area (TPSA) is 686 Å². The standard InChI is InChI=1S/C58H93N17O23/c1-6-26(2)45(74-51(91)33(9-7-8-20-59)66-53(93)37(22-43(62)84)69-48(88)27(3)64-29(5)80)57(97)73-39(24-77)55(95)70-36(21-30-10-12-31(81)13-11-30)52(92)67-34(14-17-41(60)82)49(89)71-38(23-76)54(94)68-35(15-18-42(61)83)50(90)72-40(25-78)56(96)75-46(28(4)79)58(98)65-32(47(63)87)16-19-44(85)86/h10-13,26-28,32-40,45-46,76-79,81H,6-9,14-25,59H2,1-5H3,(H2,60,82)(H2,61,83)(H2,62,84)(H2,63,87)(H,64,80)(H,65,98)(H,66,93)(H,67,92)(H,68,94)(H,69,88)(H,70,95)(H,71,89)(H,72,90)(H,73,97)(H,74,91)(H,75,96)(H,85,86)/t26-,27-,28+,32-,33-,34-,35-,36-,37-,38-,39-,40-,45-,46-/m0/s1. The van der Waals surface area contributed by atoms with E-state index in [9.17, 15) is 107 Å². The van der Waals surface area contributed by atoms with Crippen LogP contribution in [0.15, 0.2) is 24.3 Å². The van der Waals surface area contributed by atoms with Crippen LogP contribution in [0, 0.1) is 5.92 Å². The zero-order valence-corrected chi connectivity index (χ0v) is 54.7. The molecule has 40 nitrogen and oxygen atoms in total. The van der Waals surface area contributed by atoms with Crippen molar-refractivity contribution in [1.29, 1.82) is 0 Å². The van der Waals surface area contributed by atoms with E-state index in [0.29, 0.717) is 6.42 Å². The van der Waals surface area contributed by atoms with E-state index in [2.05, 4.69) is 58.5 Å². The molecule has 0 saturated heterocycles. The number of carboxylic acid groups (broad SMARTS) is 1. The summed E-state index contributed by atoms with van der Waals surface area (Å²) in [5.41, 5.74) is 27.2. The highest BCUT2D eigenvalue weighted by atomic mass is 16.4. The van der Waals surface area contributed by atoms with Gasteiger partial charge in [0.2, 0.25) is 94.5 Å². The Balaban J connectivity index is 3.61. The Hall–Kier alpha value is -10.2. The molecule has 98 heavy (non-hydrogen) atoms. The van der Waals surface area contributed by atoms with Crippen LogP contribution in [0.1, 0.15) is 111 Å². The van der Waals surface area contributed by atoms with Gasteiger partial charge in [-0.1, -0.05) is 32.4 Å². The summed E-state index contributed by atoms with van der Waals surface area (Å²) < 4.78 is 0. The lowest BCUT2D eigenvalue weighted by Gasteiger charge is -2.29. The van der Waals surface area contributed by atoms with Gasteiger partial charge in [-0.2, -0.15) is 0 Å². The van der Waals surface area contributed by atoms with Gasteiger partial charge in [0.25, 0.3) is 0 Å². The number of carboxylic acids is 1. The Kier molecular flexibility index (Phi) is 38.4. The molecule has 548 valence electrons. The van der Waals surface area contributed by atoms with Gasteiger partial charge >= 0.3 is 5.97 Å². The van der Waals surface area contributed by atoms with Gasteiger partial charge in [-0.25, -0.2) is 0 Å². The second-order valence-electron chi connectivity index (χ2n) is 22.8. The Morgan fingerprint density at radius 2 is 0.796 bits per heavy atom. The summed E-state index contributed by atoms with van der Waals surface area (Å²) >= 11 is 0. The molecule has 0 aliphatic heterocycles. The number of benzene rings is 1. The van der Waals surface area contributed by atoms with E-state index in [-0.39, 0.29) is 37.1 Å². The molecule has 0 spiro atoms.